The van der Waals surface area contributed by atoms with Crippen LogP contribution in [0.15, 0.2) is 0 Å². The molecule has 0 aromatic rings. The third-order valence-corrected chi connectivity index (χ3v) is 3.79. The minimum absolute atomic E-state index is 0. The van der Waals surface area contributed by atoms with Crippen LogP contribution in [-0.2, 0) is 43.2 Å². The van der Waals surface area contributed by atoms with Gasteiger partial charge in [-0.2, -0.15) is 0 Å². The molecule has 0 spiro atoms. The molecule has 9 N–H and O–H groups in total. The van der Waals surface area contributed by atoms with Crippen molar-refractivity contribution in [3.05, 3.63) is 0 Å². The Morgan fingerprint density at radius 2 is 0.524 bits per heavy atom. The number of hydrogen-bond acceptors (Lipinski definition) is 15. The molecule has 0 heterocycles. The molecular formula is C18H24K3N3O18. The molecule has 0 saturated carbocycles. The van der Waals surface area contributed by atoms with Crippen molar-refractivity contribution in [1.82, 2.24) is 16.0 Å². The molecule has 24 heteroatoms. The van der Waals surface area contributed by atoms with Gasteiger partial charge < -0.3 is 60.3 Å². The predicted molar refractivity (Wildman–Crippen MR) is 110 cm³/mol. The molecule has 21 nitrogen and oxygen atoms in total. The Kier molecular flexibility index (Phi) is 37.0. The van der Waals surface area contributed by atoms with E-state index < -0.39 is 90.0 Å². The molecule has 0 fully saturated rings. The van der Waals surface area contributed by atoms with E-state index in [4.69, 9.17) is 30.6 Å². The maximum Gasteiger partial charge on any atom is 1.00 e. The summed E-state index contributed by atoms with van der Waals surface area (Å²) in [6.07, 6.45) is 0. The number of carbonyl (C=O) groups excluding carboxylic acids is 3. The van der Waals surface area contributed by atoms with Gasteiger partial charge in [0.2, 0.25) is 18.1 Å². The van der Waals surface area contributed by atoms with Gasteiger partial charge in [0, 0.05) is 18.1 Å². The molecule has 0 saturated heterocycles. The van der Waals surface area contributed by atoms with Crippen molar-refractivity contribution >= 4 is 53.7 Å². The molecule has 0 bridgehead atoms. The van der Waals surface area contributed by atoms with Gasteiger partial charge in [0.25, 0.3) is 0 Å². The van der Waals surface area contributed by atoms with Crippen LogP contribution in [0.2, 0.25) is 0 Å². The summed E-state index contributed by atoms with van der Waals surface area (Å²) < 4.78 is 0. The standard InChI is InChI=1S/3C6H9NO6.3K/c3*1-2(4(8)9)7-3(5(10)11)6(12)13;;;/h3*2-3,7H,1H3,(H,8,9)(H,10,11)(H,12,13);;;/q;;;3*+1/p-3/t3*2-;;;/m000.../s1. The number of carbonyl (C=O) groups is 9. The zero-order chi connectivity index (χ0) is 31.8. The monoisotopic (exact) mass is 687 g/mol. The average Bonchev–Trinajstić information content (AvgIpc) is 2.77. The number of rotatable bonds is 15. The zero-order valence-electron chi connectivity index (χ0n) is 23.0. The van der Waals surface area contributed by atoms with Crippen LogP contribution < -0.4 is 185 Å². The molecule has 0 aliphatic rings. The van der Waals surface area contributed by atoms with Crippen molar-refractivity contribution in [2.45, 2.75) is 57.0 Å². The van der Waals surface area contributed by atoms with Gasteiger partial charge in [-0.1, -0.05) is 0 Å². The molecule has 42 heavy (non-hydrogen) atoms. The van der Waals surface area contributed by atoms with Crippen molar-refractivity contribution < 1.29 is 243 Å². The third kappa shape index (κ3) is 26.4. The summed E-state index contributed by atoms with van der Waals surface area (Å²) >= 11 is 0. The summed E-state index contributed by atoms with van der Waals surface area (Å²) in [5.41, 5.74) is 0. The van der Waals surface area contributed by atoms with Gasteiger partial charge in [-0.25, -0.2) is 28.8 Å². The van der Waals surface area contributed by atoms with Crippen molar-refractivity contribution in [2.24, 2.45) is 0 Å². The van der Waals surface area contributed by atoms with Crippen LogP contribution in [0.1, 0.15) is 20.8 Å². The number of nitrogens with one attached hydrogen (secondary N) is 3. The van der Waals surface area contributed by atoms with Gasteiger partial charge >= 0.3 is 190 Å². The summed E-state index contributed by atoms with van der Waals surface area (Å²) in [4.78, 5) is 91.8. The van der Waals surface area contributed by atoms with Crippen LogP contribution in [0.4, 0.5) is 0 Å². The summed E-state index contributed by atoms with van der Waals surface area (Å²) in [7, 11) is 0. The van der Waals surface area contributed by atoms with E-state index in [0.29, 0.717) is 0 Å². The maximum atomic E-state index is 10.2. The average molecular weight is 688 g/mol. The Hall–Kier alpha value is 0.0191. The zero-order valence-corrected chi connectivity index (χ0v) is 32.4. The van der Waals surface area contributed by atoms with Crippen LogP contribution in [0.25, 0.3) is 0 Å². The second-order valence-electron chi connectivity index (χ2n) is 6.95. The van der Waals surface area contributed by atoms with E-state index >= 15 is 0 Å². The van der Waals surface area contributed by atoms with Crippen molar-refractivity contribution in [3.63, 3.8) is 0 Å². The van der Waals surface area contributed by atoms with Crippen LogP contribution in [0, 0.1) is 0 Å². The van der Waals surface area contributed by atoms with E-state index in [1.807, 2.05) is 16.0 Å². The second-order valence-corrected chi connectivity index (χ2v) is 6.95. The first-order chi connectivity index (χ1) is 17.6. The van der Waals surface area contributed by atoms with E-state index in [9.17, 15) is 58.5 Å². The molecule has 0 radical (unpaired) electrons. The molecule has 0 aliphatic carbocycles. The van der Waals surface area contributed by atoms with E-state index in [-0.39, 0.29) is 154 Å². The smallest absolute Gasteiger partial charge is 0.548 e. The molecule has 0 amide bonds. The van der Waals surface area contributed by atoms with Gasteiger partial charge in [-0.05, 0) is 20.8 Å². The summed E-state index contributed by atoms with van der Waals surface area (Å²) in [5.74, 6) is -14.6. The Labute approximate surface area is 363 Å². The first kappa shape index (κ1) is 54.5. The second kappa shape index (κ2) is 28.5. The first-order valence-electron chi connectivity index (χ1n) is 9.85. The van der Waals surface area contributed by atoms with Crippen LogP contribution in [0.3, 0.4) is 0 Å². The van der Waals surface area contributed by atoms with E-state index in [1.165, 1.54) is 0 Å². The fraction of sp³-hybridized carbons (Fsp3) is 0.500. The maximum absolute atomic E-state index is 10.2. The van der Waals surface area contributed by atoms with Crippen molar-refractivity contribution in [3.8, 4) is 0 Å². The quantitative estimate of drug-likeness (QED) is 0.0569. The SMILES string of the molecule is C[C@H](NC(C(=O)O)C(=O)O)C(=O)[O-].C[C@H](NC(C(=O)O)C(=O)O)C(=O)[O-].C[C@H](NC(C(=O)O)C(=O)O)C(=O)[O-].[K+].[K+].[K+]. The normalized spacial score (nSPS) is 11.6. The Morgan fingerprint density at radius 1 is 0.405 bits per heavy atom. The topological polar surface area (TPSA) is 380 Å². The summed E-state index contributed by atoms with van der Waals surface area (Å²) in [6, 6.07) is -9.82. The van der Waals surface area contributed by atoms with Crippen LogP contribution in [0.5, 0.6) is 0 Å². The van der Waals surface area contributed by atoms with Gasteiger partial charge in [0.15, 0.2) is 0 Å². The van der Waals surface area contributed by atoms with E-state index in [2.05, 4.69) is 0 Å². The molecule has 3 atom stereocenters. The van der Waals surface area contributed by atoms with E-state index in [1.54, 1.807) is 0 Å². The van der Waals surface area contributed by atoms with Crippen LogP contribution >= 0.6 is 0 Å². The molecule has 0 aromatic carbocycles. The summed E-state index contributed by atoms with van der Waals surface area (Å²) in [5, 5.41) is 85.8. The van der Waals surface area contributed by atoms with Gasteiger partial charge in [-0.15, -0.1) is 0 Å². The third-order valence-electron chi connectivity index (χ3n) is 3.79. The molecule has 0 aromatic heterocycles. The fourth-order valence-corrected chi connectivity index (χ4v) is 1.70. The molecule has 0 rings (SSSR count). The Bertz CT molecular complexity index is 804. The minimum Gasteiger partial charge on any atom is -0.548 e. The number of carboxylic acids is 9. The Morgan fingerprint density at radius 3 is 0.595 bits per heavy atom. The molecule has 0 unspecified atom stereocenters. The van der Waals surface area contributed by atoms with Gasteiger partial charge in [-0.3, -0.25) is 16.0 Å². The number of aliphatic carboxylic acids is 9. The van der Waals surface area contributed by atoms with Crippen molar-refractivity contribution in [2.75, 3.05) is 0 Å². The molecule has 0 aliphatic heterocycles. The van der Waals surface area contributed by atoms with Crippen molar-refractivity contribution in [1.29, 1.82) is 0 Å². The molecule has 222 valence electrons. The van der Waals surface area contributed by atoms with Gasteiger partial charge in [0.05, 0.1) is 17.9 Å². The van der Waals surface area contributed by atoms with Gasteiger partial charge in [0.1, 0.15) is 0 Å². The fourth-order valence-electron chi connectivity index (χ4n) is 1.70. The predicted octanol–water partition coefficient (Wildman–Crippen LogP) is -17.2. The first-order valence-corrected chi connectivity index (χ1v) is 9.85. The number of carboxylic acid groups (broad SMARTS) is 9. The number of hydrogen-bond donors (Lipinski definition) is 9. The largest absolute Gasteiger partial charge is 1.00 e. The molecular weight excluding hydrogens is 663 g/mol. The Balaban J connectivity index is -0.000000112. The van der Waals surface area contributed by atoms with E-state index in [0.717, 1.165) is 20.8 Å². The summed E-state index contributed by atoms with van der Waals surface area (Å²) in [6.45, 7) is 3.27. The minimum atomic E-state index is -1.94. The van der Waals surface area contributed by atoms with Crippen LogP contribution in [-0.4, -0.2) is 121 Å².